The third kappa shape index (κ3) is 6.30. The van der Waals surface area contributed by atoms with Gasteiger partial charge < -0.3 is 16.0 Å². The highest BCUT2D eigenvalue weighted by atomic mass is 16.2. The molecule has 5 heteroatoms. The zero-order valence-electron chi connectivity index (χ0n) is 14.8. The summed E-state index contributed by atoms with van der Waals surface area (Å²) < 4.78 is 0. The van der Waals surface area contributed by atoms with Crippen LogP contribution in [0, 0.1) is 6.92 Å². The monoisotopic (exact) mass is 339 g/mol. The summed E-state index contributed by atoms with van der Waals surface area (Å²) >= 11 is 0. The molecule has 0 aliphatic heterocycles. The molecule has 0 spiro atoms. The van der Waals surface area contributed by atoms with Crippen molar-refractivity contribution in [2.24, 2.45) is 0 Å². The van der Waals surface area contributed by atoms with E-state index in [0.717, 1.165) is 18.5 Å². The van der Waals surface area contributed by atoms with Crippen molar-refractivity contribution in [2.75, 3.05) is 23.7 Å². The van der Waals surface area contributed by atoms with Crippen LogP contribution in [-0.2, 0) is 4.79 Å². The minimum atomic E-state index is -0.138. The summed E-state index contributed by atoms with van der Waals surface area (Å²) in [7, 11) is 0. The van der Waals surface area contributed by atoms with Gasteiger partial charge in [0.05, 0.1) is 6.54 Å². The third-order valence-electron chi connectivity index (χ3n) is 3.75. The van der Waals surface area contributed by atoms with Gasteiger partial charge in [0.1, 0.15) is 0 Å². The van der Waals surface area contributed by atoms with E-state index < -0.39 is 0 Å². The number of anilines is 2. The van der Waals surface area contributed by atoms with Gasteiger partial charge in [0.25, 0.3) is 5.91 Å². The molecule has 0 saturated heterocycles. The molecule has 0 aliphatic rings. The summed E-state index contributed by atoms with van der Waals surface area (Å²) in [6, 6.07) is 14.8. The third-order valence-corrected chi connectivity index (χ3v) is 3.75. The summed E-state index contributed by atoms with van der Waals surface area (Å²) in [6.07, 6.45) is 2.01. The van der Waals surface area contributed by atoms with E-state index in [1.807, 2.05) is 31.2 Å². The first-order chi connectivity index (χ1) is 12.1. The summed E-state index contributed by atoms with van der Waals surface area (Å²) in [6.45, 7) is 4.96. The largest absolute Gasteiger partial charge is 0.376 e. The number of hydrogen-bond acceptors (Lipinski definition) is 3. The molecule has 0 aliphatic carbocycles. The predicted molar refractivity (Wildman–Crippen MR) is 102 cm³/mol. The number of nitrogens with one attached hydrogen (secondary N) is 3. The van der Waals surface area contributed by atoms with Crippen LogP contribution in [0.2, 0.25) is 0 Å². The molecule has 0 heterocycles. The topological polar surface area (TPSA) is 70.2 Å². The lowest BCUT2D eigenvalue weighted by Gasteiger charge is -2.09. The van der Waals surface area contributed by atoms with Crippen LogP contribution in [0.15, 0.2) is 48.5 Å². The molecule has 0 radical (unpaired) electrons. The number of aryl methyl sites for hydroxylation is 1. The van der Waals surface area contributed by atoms with E-state index in [9.17, 15) is 9.59 Å². The normalized spacial score (nSPS) is 10.2. The Bertz CT molecular complexity index is 694. The van der Waals surface area contributed by atoms with Crippen molar-refractivity contribution in [1.29, 1.82) is 0 Å². The molecule has 2 amide bonds. The number of unbranched alkanes of at least 4 members (excludes halogenated alkanes) is 1. The molecule has 0 bridgehead atoms. The minimum absolute atomic E-state index is 0.0904. The van der Waals surface area contributed by atoms with Crippen molar-refractivity contribution in [3.05, 3.63) is 59.7 Å². The van der Waals surface area contributed by atoms with Crippen LogP contribution in [0.25, 0.3) is 0 Å². The molecule has 2 rings (SSSR count). The fraction of sp³-hybridized carbons (Fsp3) is 0.300. The summed E-state index contributed by atoms with van der Waals surface area (Å²) in [5.74, 6) is -0.229. The van der Waals surface area contributed by atoms with Gasteiger partial charge in [-0.15, -0.1) is 0 Å². The molecule has 0 atom stereocenters. The number of benzene rings is 2. The molecule has 25 heavy (non-hydrogen) atoms. The van der Waals surface area contributed by atoms with Gasteiger partial charge in [-0.3, -0.25) is 9.59 Å². The number of carbonyl (C=O) groups excluding carboxylic acids is 2. The first kappa shape index (κ1) is 18.5. The second-order valence-corrected chi connectivity index (χ2v) is 5.95. The van der Waals surface area contributed by atoms with E-state index >= 15 is 0 Å². The molecule has 0 fully saturated rings. The lowest BCUT2D eigenvalue weighted by atomic mass is 10.2. The van der Waals surface area contributed by atoms with Crippen LogP contribution in [-0.4, -0.2) is 24.9 Å². The molecule has 3 N–H and O–H groups in total. The number of hydrogen-bond donors (Lipinski definition) is 3. The molecule has 5 nitrogen and oxygen atoms in total. The zero-order chi connectivity index (χ0) is 18.1. The van der Waals surface area contributed by atoms with E-state index in [1.54, 1.807) is 24.3 Å². The highest BCUT2D eigenvalue weighted by Gasteiger charge is 2.06. The molecule has 2 aromatic carbocycles. The van der Waals surface area contributed by atoms with Crippen LogP contribution in [0.4, 0.5) is 11.4 Å². The van der Waals surface area contributed by atoms with E-state index in [0.29, 0.717) is 17.8 Å². The van der Waals surface area contributed by atoms with Gasteiger partial charge in [0.15, 0.2) is 0 Å². The van der Waals surface area contributed by atoms with Crippen LogP contribution in [0.3, 0.4) is 0 Å². The molecule has 0 aromatic heterocycles. The molecular weight excluding hydrogens is 314 g/mol. The fourth-order valence-electron chi connectivity index (χ4n) is 2.24. The maximum atomic E-state index is 12.0. The molecule has 2 aromatic rings. The van der Waals surface area contributed by atoms with E-state index in [2.05, 4.69) is 22.9 Å². The Kier molecular flexibility index (Phi) is 7.01. The van der Waals surface area contributed by atoms with Crippen LogP contribution < -0.4 is 16.0 Å². The van der Waals surface area contributed by atoms with Gasteiger partial charge >= 0.3 is 0 Å². The Morgan fingerprint density at radius 2 is 1.56 bits per heavy atom. The predicted octanol–water partition coefficient (Wildman–Crippen LogP) is 3.58. The molecular formula is C20H25N3O2. The second-order valence-electron chi connectivity index (χ2n) is 5.95. The van der Waals surface area contributed by atoms with E-state index in [-0.39, 0.29) is 18.4 Å². The average molecular weight is 339 g/mol. The number of amides is 2. The fourth-order valence-corrected chi connectivity index (χ4v) is 2.24. The second kappa shape index (κ2) is 9.47. The Balaban J connectivity index is 1.80. The van der Waals surface area contributed by atoms with Gasteiger partial charge in [0, 0.05) is 23.5 Å². The average Bonchev–Trinajstić information content (AvgIpc) is 2.62. The maximum Gasteiger partial charge on any atom is 0.251 e. The standard InChI is InChI=1S/C20H25N3O2/c1-3-4-13-21-20(25)16-7-11-18(12-8-16)23-19(24)14-22-17-9-5-15(2)6-10-17/h5-12,22H,3-4,13-14H2,1-2H3,(H,21,25)(H,23,24). The Morgan fingerprint density at radius 3 is 2.20 bits per heavy atom. The zero-order valence-corrected chi connectivity index (χ0v) is 14.8. The molecule has 132 valence electrons. The summed E-state index contributed by atoms with van der Waals surface area (Å²) in [4.78, 5) is 23.9. The lowest BCUT2D eigenvalue weighted by Crippen LogP contribution is -2.24. The van der Waals surface area contributed by atoms with Crippen molar-refractivity contribution >= 4 is 23.2 Å². The molecule has 0 unspecified atom stereocenters. The Labute approximate surface area is 148 Å². The van der Waals surface area contributed by atoms with Gasteiger partial charge in [-0.05, 0) is 49.7 Å². The van der Waals surface area contributed by atoms with Crippen LogP contribution in [0.1, 0.15) is 35.7 Å². The van der Waals surface area contributed by atoms with Crippen molar-refractivity contribution in [1.82, 2.24) is 5.32 Å². The van der Waals surface area contributed by atoms with Crippen molar-refractivity contribution in [3.63, 3.8) is 0 Å². The molecule has 0 saturated carbocycles. The Morgan fingerprint density at radius 1 is 0.920 bits per heavy atom. The Hall–Kier alpha value is -2.82. The quantitative estimate of drug-likeness (QED) is 0.644. The summed E-state index contributed by atoms with van der Waals surface area (Å²) in [5, 5.41) is 8.75. The first-order valence-electron chi connectivity index (χ1n) is 8.57. The first-order valence-corrected chi connectivity index (χ1v) is 8.57. The van der Waals surface area contributed by atoms with Crippen molar-refractivity contribution in [2.45, 2.75) is 26.7 Å². The van der Waals surface area contributed by atoms with Gasteiger partial charge in [-0.25, -0.2) is 0 Å². The van der Waals surface area contributed by atoms with Crippen molar-refractivity contribution in [3.8, 4) is 0 Å². The van der Waals surface area contributed by atoms with Crippen LogP contribution in [0.5, 0.6) is 0 Å². The number of carbonyl (C=O) groups is 2. The van der Waals surface area contributed by atoms with Gasteiger partial charge in [-0.2, -0.15) is 0 Å². The van der Waals surface area contributed by atoms with Gasteiger partial charge in [0.2, 0.25) is 5.91 Å². The highest BCUT2D eigenvalue weighted by molar-refractivity contribution is 5.96. The SMILES string of the molecule is CCCCNC(=O)c1ccc(NC(=O)CNc2ccc(C)cc2)cc1. The minimum Gasteiger partial charge on any atom is -0.376 e. The van der Waals surface area contributed by atoms with E-state index in [1.165, 1.54) is 5.56 Å². The smallest absolute Gasteiger partial charge is 0.251 e. The lowest BCUT2D eigenvalue weighted by molar-refractivity contribution is -0.114. The van der Waals surface area contributed by atoms with Crippen molar-refractivity contribution < 1.29 is 9.59 Å². The number of rotatable bonds is 8. The van der Waals surface area contributed by atoms with E-state index in [4.69, 9.17) is 0 Å². The highest BCUT2D eigenvalue weighted by Crippen LogP contribution is 2.11. The summed E-state index contributed by atoms with van der Waals surface area (Å²) in [5.41, 5.74) is 3.33. The maximum absolute atomic E-state index is 12.0. The van der Waals surface area contributed by atoms with Gasteiger partial charge in [-0.1, -0.05) is 31.0 Å². The van der Waals surface area contributed by atoms with Crippen LogP contribution >= 0.6 is 0 Å².